The van der Waals surface area contributed by atoms with Crippen molar-refractivity contribution in [3.05, 3.63) is 54.1 Å². The average molecular weight is 464 g/mol. The molecule has 1 amide bonds. The van der Waals surface area contributed by atoms with Crippen LogP contribution in [0.1, 0.15) is 51.5 Å². The van der Waals surface area contributed by atoms with Crippen LogP contribution in [0.5, 0.6) is 0 Å². The molecule has 4 rings (SSSR count). The molecule has 1 unspecified atom stereocenters. The summed E-state index contributed by atoms with van der Waals surface area (Å²) < 4.78 is 0. The van der Waals surface area contributed by atoms with Crippen LogP contribution in [-0.2, 0) is 11.3 Å². The first kappa shape index (κ1) is 23.1. The van der Waals surface area contributed by atoms with E-state index >= 15 is 0 Å². The second-order valence-electron chi connectivity index (χ2n) is 7.99. The number of amides is 1. The molecule has 1 aliphatic rings. The van der Waals surface area contributed by atoms with Crippen molar-refractivity contribution >= 4 is 22.8 Å². The Morgan fingerprint density at radius 3 is 2.58 bits per heavy atom. The fourth-order valence-corrected chi connectivity index (χ4v) is 4.84. The molecule has 1 aromatic heterocycles. The van der Waals surface area contributed by atoms with Gasteiger partial charge in [-0.1, -0.05) is 87.0 Å². The fourth-order valence-electron chi connectivity index (χ4n) is 3.72. The number of nitrogens with zero attached hydrogens (tertiary/aromatic N) is 5. The molecular weight excluding hydrogens is 434 g/mol. The minimum Gasteiger partial charge on any atom is -0.281 e. The van der Waals surface area contributed by atoms with Gasteiger partial charge in [0.2, 0.25) is 5.91 Å². The van der Waals surface area contributed by atoms with Gasteiger partial charge in [0.25, 0.3) is 0 Å². The molecule has 0 radical (unpaired) electrons. The molecule has 1 aliphatic heterocycles. The van der Waals surface area contributed by atoms with Crippen LogP contribution >= 0.6 is 11.8 Å². The van der Waals surface area contributed by atoms with Crippen LogP contribution < -0.4 is 5.43 Å². The Morgan fingerprint density at radius 1 is 1.09 bits per heavy atom. The zero-order valence-corrected chi connectivity index (χ0v) is 19.8. The molecule has 8 nitrogen and oxygen atoms in total. The van der Waals surface area contributed by atoms with Gasteiger partial charge in [-0.05, 0) is 40.0 Å². The van der Waals surface area contributed by atoms with Crippen LogP contribution in [0.4, 0.5) is 0 Å². The number of aromatic nitrogens is 4. The number of H-pyrrole nitrogens is 1. The van der Waals surface area contributed by atoms with Gasteiger partial charge in [0.1, 0.15) is 0 Å². The zero-order chi connectivity index (χ0) is 23.0. The van der Waals surface area contributed by atoms with Gasteiger partial charge in [-0.2, -0.15) is 4.99 Å². The number of unbranched alkanes of at least 4 members (excludes halogenated alkanes) is 1. The van der Waals surface area contributed by atoms with E-state index in [1.807, 2.05) is 30.1 Å². The van der Waals surface area contributed by atoms with E-state index in [0.717, 1.165) is 53.1 Å². The second-order valence-corrected chi connectivity index (χ2v) is 9.16. The lowest BCUT2D eigenvalue weighted by atomic mass is 9.98. The number of tetrazole rings is 1. The van der Waals surface area contributed by atoms with Gasteiger partial charge in [0, 0.05) is 12.0 Å². The quantitative estimate of drug-likeness (QED) is 0.471. The van der Waals surface area contributed by atoms with Gasteiger partial charge >= 0.3 is 0 Å². The predicted molar refractivity (Wildman–Crippen MR) is 132 cm³/mol. The maximum atomic E-state index is 12.2. The predicted octanol–water partition coefficient (Wildman–Crippen LogP) is 4.79. The SMILES string of the molecule is CCCCC1NN(Cc2ccc(-c3ccccc3-c3nnn[nH]3)cc2)C(=NC(=O)CCC)S1. The van der Waals surface area contributed by atoms with Gasteiger partial charge in [0.05, 0.1) is 11.9 Å². The van der Waals surface area contributed by atoms with Crippen LogP contribution in [0, 0.1) is 0 Å². The molecule has 0 spiro atoms. The summed E-state index contributed by atoms with van der Waals surface area (Å²) >= 11 is 1.65. The van der Waals surface area contributed by atoms with Crippen molar-refractivity contribution in [1.82, 2.24) is 31.1 Å². The number of aromatic amines is 1. The smallest absolute Gasteiger partial charge is 0.248 e. The molecule has 1 fully saturated rings. The molecule has 0 saturated carbocycles. The van der Waals surface area contributed by atoms with Crippen molar-refractivity contribution in [3.8, 4) is 22.5 Å². The van der Waals surface area contributed by atoms with Crippen molar-refractivity contribution in [3.63, 3.8) is 0 Å². The summed E-state index contributed by atoms with van der Waals surface area (Å²) in [5, 5.41) is 17.3. The average Bonchev–Trinajstić information content (AvgIpc) is 3.49. The highest BCUT2D eigenvalue weighted by Crippen LogP contribution is 2.31. The number of aliphatic imine (C=N–C) groups is 1. The lowest BCUT2D eigenvalue weighted by Crippen LogP contribution is -2.37. The highest BCUT2D eigenvalue weighted by atomic mass is 32.2. The van der Waals surface area contributed by atoms with E-state index in [1.165, 1.54) is 0 Å². The normalized spacial score (nSPS) is 17.1. The van der Waals surface area contributed by atoms with E-state index in [4.69, 9.17) is 0 Å². The topological polar surface area (TPSA) is 99.2 Å². The Kier molecular flexibility index (Phi) is 7.85. The maximum absolute atomic E-state index is 12.2. The molecule has 3 aromatic rings. The van der Waals surface area contributed by atoms with Crippen LogP contribution in [-0.4, -0.2) is 42.1 Å². The minimum atomic E-state index is -0.0585. The van der Waals surface area contributed by atoms with Crippen LogP contribution in [0.2, 0.25) is 0 Å². The summed E-state index contributed by atoms with van der Waals surface area (Å²) in [6.07, 6.45) is 4.62. The zero-order valence-electron chi connectivity index (χ0n) is 19.0. The number of carbonyl (C=O) groups excluding carboxylic acids is 1. The van der Waals surface area contributed by atoms with E-state index in [1.54, 1.807) is 11.8 Å². The highest BCUT2D eigenvalue weighted by Gasteiger charge is 2.28. The lowest BCUT2D eigenvalue weighted by molar-refractivity contribution is -0.117. The Bertz CT molecular complexity index is 1080. The Balaban J connectivity index is 1.51. The number of amidine groups is 1. The Morgan fingerprint density at radius 2 is 1.88 bits per heavy atom. The Hall–Kier alpha value is -3.04. The van der Waals surface area contributed by atoms with E-state index in [0.29, 0.717) is 18.8 Å². The van der Waals surface area contributed by atoms with E-state index in [-0.39, 0.29) is 11.3 Å². The molecule has 33 heavy (non-hydrogen) atoms. The minimum absolute atomic E-state index is 0.0585. The number of hydrazine groups is 1. The van der Waals surface area contributed by atoms with Crippen LogP contribution in [0.3, 0.4) is 0 Å². The molecule has 2 aromatic carbocycles. The number of hydrogen-bond donors (Lipinski definition) is 2. The summed E-state index contributed by atoms with van der Waals surface area (Å²) in [6.45, 7) is 4.83. The molecule has 1 saturated heterocycles. The van der Waals surface area contributed by atoms with E-state index in [2.05, 4.69) is 68.3 Å². The first-order chi connectivity index (χ1) is 16.2. The molecular formula is C24H29N7OS. The fraction of sp³-hybridized carbons (Fsp3) is 0.375. The van der Waals surface area contributed by atoms with Crippen molar-refractivity contribution in [2.45, 2.75) is 57.9 Å². The summed E-state index contributed by atoms with van der Waals surface area (Å²) in [7, 11) is 0. The monoisotopic (exact) mass is 463 g/mol. The molecule has 2 heterocycles. The number of thioether (sulfide) groups is 1. The van der Waals surface area contributed by atoms with Gasteiger partial charge in [0.15, 0.2) is 11.0 Å². The van der Waals surface area contributed by atoms with Gasteiger partial charge in [-0.3, -0.25) is 9.80 Å². The third-order valence-corrected chi connectivity index (χ3v) is 6.56. The second kappa shape index (κ2) is 11.2. The third-order valence-electron chi connectivity index (χ3n) is 5.42. The molecule has 0 bridgehead atoms. The van der Waals surface area contributed by atoms with Gasteiger partial charge in [-0.25, -0.2) is 10.5 Å². The van der Waals surface area contributed by atoms with Gasteiger partial charge < -0.3 is 0 Å². The lowest BCUT2D eigenvalue weighted by Gasteiger charge is -2.19. The van der Waals surface area contributed by atoms with Gasteiger partial charge in [-0.15, -0.1) is 5.10 Å². The molecule has 0 aliphatic carbocycles. The Labute approximate surface area is 198 Å². The first-order valence-electron chi connectivity index (χ1n) is 11.4. The summed E-state index contributed by atoms with van der Waals surface area (Å²) in [4.78, 5) is 16.6. The number of hydrogen-bond acceptors (Lipinski definition) is 6. The molecule has 172 valence electrons. The van der Waals surface area contributed by atoms with Crippen molar-refractivity contribution < 1.29 is 4.79 Å². The highest BCUT2D eigenvalue weighted by molar-refractivity contribution is 8.14. The number of benzene rings is 2. The summed E-state index contributed by atoms with van der Waals surface area (Å²) in [5.74, 6) is 0.584. The first-order valence-corrected chi connectivity index (χ1v) is 12.3. The van der Waals surface area contributed by atoms with Crippen molar-refractivity contribution in [2.75, 3.05) is 0 Å². The molecule has 9 heteroatoms. The number of rotatable bonds is 9. The largest absolute Gasteiger partial charge is 0.281 e. The summed E-state index contributed by atoms with van der Waals surface area (Å²) in [6, 6.07) is 16.5. The van der Waals surface area contributed by atoms with Crippen LogP contribution in [0.25, 0.3) is 22.5 Å². The van der Waals surface area contributed by atoms with Crippen LogP contribution in [0.15, 0.2) is 53.5 Å². The standard InChI is InChI=1S/C24H29N7OS/c1-3-5-11-22-28-31(24(33-22)25-21(32)8-4-2)16-17-12-14-18(15-13-17)19-9-6-7-10-20(19)23-26-29-30-27-23/h6-7,9-10,12-15,22,28H,3-5,8,11,16H2,1-2H3,(H,26,27,29,30). The van der Waals surface area contributed by atoms with E-state index in [9.17, 15) is 4.79 Å². The molecule has 2 N–H and O–H groups in total. The number of carbonyl (C=O) groups is 1. The number of nitrogens with one attached hydrogen (secondary N) is 2. The summed E-state index contributed by atoms with van der Waals surface area (Å²) in [5.41, 5.74) is 7.77. The van der Waals surface area contributed by atoms with E-state index < -0.39 is 0 Å². The maximum Gasteiger partial charge on any atom is 0.248 e. The molecule has 1 atom stereocenters. The van der Waals surface area contributed by atoms with Crippen molar-refractivity contribution in [1.29, 1.82) is 0 Å². The van der Waals surface area contributed by atoms with Crippen molar-refractivity contribution in [2.24, 2.45) is 4.99 Å². The third kappa shape index (κ3) is 5.85.